The Labute approximate surface area is 77.5 Å². The van der Waals surface area contributed by atoms with E-state index in [9.17, 15) is 0 Å². The zero-order valence-corrected chi connectivity index (χ0v) is 8.06. The predicted octanol–water partition coefficient (Wildman–Crippen LogP) is -0.339. The van der Waals surface area contributed by atoms with Gasteiger partial charge in [-0.2, -0.15) is 0 Å². The summed E-state index contributed by atoms with van der Waals surface area (Å²) in [6.07, 6.45) is 1.05. The van der Waals surface area contributed by atoms with Crippen LogP contribution in [0.25, 0.3) is 0 Å². The zero-order chi connectivity index (χ0) is 9.42. The third-order valence-corrected chi connectivity index (χ3v) is 2.58. The van der Waals surface area contributed by atoms with E-state index >= 15 is 0 Å². The summed E-state index contributed by atoms with van der Waals surface area (Å²) in [5.41, 5.74) is 5.82. The van der Waals surface area contributed by atoms with Gasteiger partial charge < -0.3 is 15.2 Å². The van der Waals surface area contributed by atoms with Crippen molar-refractivity contribution in [3.05, 3.63) is 5.82 Å². The molecule has 0 spiro atoms. The number of hydrogen-bond acceptors (Lipinski definition) is 4. The van der Waals surface area contributed by atoms with Crippen LogP contribution in [-0.2, 0) is 7.05 Å². The summed E-state index contributed by atoms with van der Waals surface area (Å²) in [5.74, 6) is 1.88. The van der Waals surface area contributed by atoms with Crippen LogP contribution < -0.4 is 10.6 Å². The smallest absolute Gasteiger partial charge is 0.227 e. The van der Waals surface area contributed by atoms with Gasteiger partial charge in [0.15, 0.2) is 0 Å². The van der Waals surface area contributed by atoms with E-state index in [-0.39, 0.29) is 6.04 Å². The van der Waals surface area contributed by atoms with E-state index < -0.39 is 0 Å². The van der Waals surface area contributed by atoms with Crippen molar-refractivity contribution >= 4 is 5.95 Å². The molecule has 1 aliphatic heterocycles. The summed E-state index contributed by atoms with van der Waals surface area (Å²) < 4.78 is 2.00. The van der Waals surface area contributed by atoms with Crippen molar-refractivity contribution in [2.45, 2.75) is 19.4 Å². The van der Waals surface area contributed by atoms with Crippen molar-refractivity contribution in [3.63, 3.8) is 0 Å². The van der Waals surface area contributed by atoms with Crippen LogP contribution in [-0.4, -0.2) is 33.9 Å². The van der Waals surface area contributed by atoms with Crippen LogP contribution in [0, 0.1) is 6.92 Å². The molecule has 1 fully saturated rings. The topological polar surface area (TPSA) is 60.0 Å². The molecular weight excluding hydrogens is 166 g/mol. The van der Waals surface area contributed by atoms with Crippen molar-refractivity contribution in [2.24, 2.45) is 12.8 Å². The molecule has 0 radical (unpaired) electrons. The molecule has 72 valence electrons. The highest BCUT2D eigenvalue weighted by Gasteiger charge is 2.22. The molecule has 1 atom stereocenters. The van der Waals surface area contributed by atoms with Crippen molar-refractivity contribution < 1.29 is 0 Å². The van der Waals surface area contributed by atoms with Gasteiger partial charge in [-0.25, -0.2) is 0 Å². The molecule has 13 heavy (non-hydrogen) atoms. The van der Waals surface area contributed by atoms with Gasteiger partial charge in [0, 0.05) is 26.2 Å². The van der Waals surface area contributed by atoms with Crippen LogP contribution in [0.2, 0.25) is 0 Å². The normalized spacial score (nSPS) is 22.7. The number of aromatic nitrogens is 3. The minimum Gasteiger partial charge on any atom is -0.339 e. The van der Waals surface area contributed by atoms with E-state index in [0.29, 0.717) is 0 Å². The van der Waals surface area contributed by atoms with Crippen LogP contribution in [0.1, 0.15) is 12.2 Å². The monoisotopic (exact) mass is 181 g/mol. The predicted molar refractivity (Wildman–Crippen MR) is 50.5 cm³/mol. The Kier molecular flexibility index (Phi) is 1.95. The van der Waals surface area contributed by atoms with E-state index in [0.717, 1.165) is 31.3 Å². The minimum atomic E-state index is 0.289. The van der Waals surface area contributed by atoms with Crippen LogP contribution >= 0.6 is 0 Å². The van der Waals surface area contributed by atoms with Gasteiger partial charge >= 0.3 is 0 Å². The Morgan fingerprint density at radius 1 is 1.46 bits per heavy atom. The highest BCUT2D eigenvalue weighted by Crippen LogP contribution is 2.16. The molecule has 1 unspecified atom stereocenters. The molecule has 0 aromatic carbocycles. The summed E-state index contributed by atoms with van der Waals surface area (Å²) >= 11 is 0. The third kappa shape index (κ3) is 1.39. The van der Waals surface area contributed by atoms with Gasteiger partial charge in [0.2, 0.25) is 5.95 Å². The Hall–Kier alpha value is -1.10. The summed E-state index contributed by atoms with van der Waals surface area (Å²) in [5, 5.41) is 8.13. The molecule has 0 bridgehead atoms. The second kappa shape index (κ2) is 2.99. The molecule has 1 aliphatic rings. The van der Waals surface area contributed by atoms with E-state index in [2.05, 4.69) is 15.1 Å². The van der Waals surface area contributed by atoms with Crippen molar-refractivity contribution in [1.29, 1.82) is 0 Å². The lowest BCUT2D eigenvalue weighted by Gasteiger charge is -2.15. The Balaban J connectivity index is 2.21. The van der Waals surface area contributed by atoms with Gasteiger partial charge in [0.25, 0.3) is 0 Å². The number of nitrogens with two attached hydrogens (primary N) is 1. The van der Waals surface area contributed by atoms with Crippen LogP contribution in [0.4, 0.5) is 5.95 Å². The number of aryl methyl sites for hydroxylation is 1. The molecular formula is C8H15N5. The first-order chi connectivity index (χ1) is 6.18. The van der Waals surface area contributed by atoms with Crippen molar-refractivity contribution in [3.8, 4) is 0 Å². The molecule has 2 rings (SSSR count). The minimum absolute atomic E-state index is 0.289. The summed E-state index contributed by atoms with van der Waals surface area (Å²) in [4.78, 5) is 2.19. The van der Waals surface area contributed by atoms with E-state index in [1.807, 2.05) is 18.5 Å². The highest BCUT2D eigenvalue weighted by molar-refractivity contribution is 5.32. The standard InChI is InChI=1S/C8H15N5/c1-6-10-11-8(12(6)2)13-4-3-7(9)5-13/h7H,3-5,9H2,1-2H3. The van der Waals surface area contributed by atoms with Gasteiger partial charge in [0.05, 0.1) is 0 Å². The molecule has 5 heteroatoms. The van der Waals surface area contributed by atoms with Gasteiger partial charge in [-0.3, -0.25) is 0 Å². The maximum atomic E-state index is 5.82. The van der Waals surface area contributed by atoms with Crippen LogP contribution in [0.15, 0.2) is 0 Å². The first kappa shape index (κ1) is 8.50. The molecule has 1 aromatic heterocycles. The third-order valence-electron chi connectivity index (χ3n) is 2.58. The Bertz CT molecular complexity index is 305. The molecule has 1 aromatic rings. The molecule has 1 saturated heterocycles. The second-order valence-corrected chi connectivity index (χ2v) is 3.60. The lowest BCUT2D eigenvalue weighted by molar-refractivity contribution is 0.745. The lowest BCUT2D eigenvalue weighted by Crippen LogP contribution is -2.28. The maximum absolute atomic E-state index is 5.82. The zero-order valence-electron chi connectivity index (χ0n) is 8.06. The summed E-state index contributed by atoms with van der Waals surface area (Å²) in [6.45, 7) is 3.84. The van der Waals surface area contributed by atoms with E-state index in [1.165, 1.54) is 0 Å². The number of anilines is 1. The SMILES string of the molecule is Cc1nnc(N2CCC(N)C2)n1C. The van der Waals surface area contributed by atoms with Gasteiger partial charge in [-0.1, -0.05) is 0 Å². The fourth-order valence-electron chi connectivity index (χ4n) is 1.64. The van der Waals surface area contributed by atoms with Crippen LogP contribution in [0.3, 0.4) is 0 Å². The Morgan fingerprint density at radius 3 is 2.69 bits per heavy atom. The largest absolute Gasteiger partial charge is 0.339 e. The quantitative estimate of drug-likeness (QED) is 0.644. The highest BCUT2D eigenvalue weighted by atomic mass is 15.4. The van der Waals surface area contributed by atoms with Gasteiger partial charge in [-0.15, -0.1) is 10.2 Å². The number of nitrogens with zero attached hydrogens (tertiary/aromatic N) is 4. The molecule has 2 heterocycles. The van der Waals surface area contributed by atoms with Crippen molar-refractivity contribution in [1.82, 2.24) is 14.8 Å². The summed E-state index contributed by atoms with van der Waals surface area (Å²) in [7, 11) is 1.98. The van der Waals surface area contributed by atoms with Gasteiger partial charge in [0.1, 0.15) is 5.82 Å². The fraction of sp³-hybridized carbons (Fsp3) is 0.750. The first-order valence-corrected chi connectivity index (χ1v) is 4.55. The fourth-order valence-corrected chi connectivity index (χ4v) is 1.64. The Morgan fingerprint density at radius 2 is 2.23 bits per heavy atom. The summed E-state index contributed by atoms with van der Waals surface area (Å²) in [6, 6.07) is 0.289. The maximum Gasteiger partial charge on any atom is 0.227 e. The van der Waals surface area contributed by atoms with E-state index in [4.69, 9.17) is 5.73 Å². The molecule has 0 aliphatic carbocycles. The van der Waals surface area contributed by atoms with Gasteiger partial charge in [-0.05, 0) is 13.3 Å². The molecule has 0 amide bonds. The molecule has 5 nitrogen and oxygen atoms in total. The number of rotatable bonds is 1. The van der Waals surface area contributed by atoms with Crippen LogP contribution in [0.5, 0.6) is 0 Å². The molecule has 2 N–H and O–H groups in total. The van der Waals surface area contributed by atoms with Crippen molar-refractivity contribution in [2.75, 3.05) is 18.0 Å². The average Bonchev–Trinajstić information content (AvgIpc) is 2.62. The second-order valence-electron chi connectivity index (χ2n) is 3.60. The number of hydrogen-bond donors (Lipinski definition) is 1. The average molecular weight is 181 g/mol. The molecule has 0 saturated carbocycles. The van der Waals surface area contributed by atoms with E-state index in [1.54, 1.807) is 0 Å². The first-order valence-electron chi connectivity index (χ1n) is 4.55. The lowest BCUT2D eigenvalue weighted by atomic mass is 10.3.